The number of hydrogen-bond acceptors (Lipinski definition) is 6. The van der Waals surface area contributed by atoms with Crippen LogP contribution in [0.2, 0.25) is 0 Å². The zero-order valence-electron chi connectivity index (χ0n) is 54.4. The zero-order chi connectivity index (χ0) is 59.9. The summed E-state index contributed by atoms with van der Waals surface area (Å²) in [5.41, 5.74) is 0. The summed E-state index contributed by atoms with van der Waals surface area (Å²) < 4.78 is 16.9. The summed E-state index contributed by atoms with van der Waals surface area (Å²) in [6, 6.07) is 0. The van der Waals surface area contributed by atoms with Crippen molar-refractivity contribution in [2.24, 2.45) is 0 Å². The number of hydrogen-bond donors (Lipinski definition) is 0. The third-order valence-corrected chi connectivity index (χ3v) is 15.0. The van der Waals surface area contributed by atoms with Gasteiger partial charge in [-0.05, 0) is 116 Å². The van der Waals surface area contributed by atoms with Gasteiger partial charge in [0.15, 0.2) is 6.10 Å². The molecular formula is C77H130O6. The molecule has 1 unspecified atom stereocenters. The molecule has 0 amide bonds. The van der Waals surface area contributed by atoms with Crippen LogP contribution in [0.15, 0.2) is 122 Å². The highest BCUT2D eigenvalue weighted by Crippen LogP contribution is 2.16. The highest BCUT2D eigenvalue weighted by molar-refractivity contribution is 5.71. The fourth-order valence-corrected chi connectivity index (χ4v) is 9.73. The molecule has 0 aliphatic carbocycles. The molecule has 0 bridgehead atoms. The summed E-state index contributed by atoms with van der Waals surface area (Å²) in [4.78, 5) is 38.3. The van der Waals surface area contributed by atoms with Gasteiger partial charge in [0.05, 0.1) is 0 Å². The number of unbranched alkanes of at least 4 members (excludes halogenated alkanes) is 32. The molecule has 0 saturated heterocycles. The van der Waals surface area contributed by atoms with Gasteiger partial charge in [-0.25, -0.2) is 0 Å². The van der Waals surface area contributed by atoms with E-state index in [1.54, 1.807) is 0 Å². The van der Waals surface area contributed by atoms with E-state index in [9.17, 15) is 14.4 Å². The van der Waals surface area contributed by atoms with E-state index in [4.69, 9.17) is 14.2 Å². The molecule has 0 saturated carbocycles. The third-order valence-electron chi connectivity index (χ3n) is 15.0. The van der Waals surface area contributed by atoms with Crippen LogP contribution < -0.4 is 0 Å². The molecule has 0 N–H and O–H groups in total. The van der Waals surface area contributed by atoms with Crippen LogP contribution >= 0.6 is 0 Å². The quantitative estimate of drug-likeness (QED) is 0.0261. The Labute approximate surface area is 513 Å². The molecule has 474 valence electrons. The number of carbonyl (C=O) groups excluding carboxylic acids is 3. The number of rotatable bonds is 63. The Morgan fingerprint density at radius 2 is 0.470 bits per heavy atom. The van der Waals surface area contributed by atoms with Gasteiger partial charge < -0.3 is 14.2 Å². The second-order valence-corrected chi connectivity index (χ2v) is 23.1. The van der Waals surface area contributed by atoms with Gasteiger partial charge >= 0.3 is 17.9 Å². The first-order valence-electron chi connectivity index (χ1n) is 35.0. The molecule has 6 nitrogen and oxygen atoms in total. The number of carbonyl (C=O) groups is 3. The van der Waals surface area contributed by atoms with Gasteiger partial charge in [0.25, 0.3) is 0 Å². The van der Waals surface area contributed by atoms with Gasteiger partial charge in [-0.1, -0.05) is 316 Å². The Balaban J connectivity index is 4.19. The van der Waals surface area contributed by atoms with Crippen molar-refractivity contribution >= 4 is 17.9 Å². The largest absolute Gasteiger partial charge is 0.462 e. The van der Waals surface area contributed by atoms with Crippen LogP contribution in [0, 0.1) is 0 Å². The summed E-state index contributed by atoms with van der Waals surface area (Å²) in [6.07, 6.45) is 98.0. The van der Waals surface area contributed by atoms with Crippen LogP contribution in [0.5, 0.6) is 0 Å². The van der Waals surface area contributed by atoms with Crippen LogP contribution in [-0.2, 0) is 28.6 Å². The molecule has 0 spiro atoms. The topological polar surface area (TPSA) is 78.9 Å². The fourth-order valence-electron chi connectivity index (χ4n) is 9.73. The van der Waals surface area contributed by atoms with Crippen LogP contribution in [0.25, 0.3) is 0 Å². The van der Waals surface area contributed by atoms with E-state index in [1.807, 2.05) is 0 Å². The lowest BCUT2D eigenvalue weighted by atomic mass is 10.0. The second-order valence-electron chi connectivity index (χ2n) is 23.1. The molecule has 0 radical (unpaired) electrons. The van der Waals surface area contributed by atoms with Crippen LogP contribution in [-0.4, -0.2) is 37.2 Å². The Morgan fingerprint density at radius 1 is 0.253 bits per heavy atom. The first kappa shape index (κ1) is 78.8. The predicted molar refractivity (Wildman–Crippen MR) is 362 cm³/mol. The van der Waals surface area contributed by atoms with E-state index in [1.165, 1.54) is 167 Å². The molecule has 0 aromatic heterocycles. The van der Waals surface area contributed by atoms with Crippen molar-refractivity contribution in [1.82, 2.24) is 0 Å². The van der Waals surface area contributed by atoms with Crippen molar-refractivity contribution in [2.75, 3.05) is 13.2 Å². The molecule has 0 heterocycles. The minimum absolute atomic E-state index is 0.0804. The SMILES string of the molecule is CC/C=C\C/C=C\C/C=C\C/C=C\C/C=C\C/C=C\C/C=C\CCCCCCCCCCCCCC(=O)OCC(COC(=O)CCCCCCCCCCC)OC(=O)CCCCCCCCCC/C=C\C/C=C\C/C=C\CCCCCCC. The number of esters is 3. The normalized spacial score (nSPS) is 12.9. The highest BCUT2D eigenvalue weighted by Gasteiger charge is 2.19. The molecule has 83 heavy (non-hydrogen) atoms. The van der Waals surface area contributed by atoms with Crippen LogP contribution in [0.4, 0.5) is 0 Å². The lowest BCUT2D eigenvalue weighted by Crippen LogP contribution is -2.30. The lowest BCUT2D eigenvalue weighted by Gasteiger charge is -2.18. The Morgan fingerprint density at radius 3 is 0.735 bits per heavy atom. The smallest absolute Gasteiger partial charge is 0.306 e. The van der Waals surface area contributed by atoms with Gasteiger partial charge in [0.1, 0.15) is 13.2 Å². The molecule has 6 heteroatoms. The van der Waals surface area contributed by atoms with Gasteiger partial charge in [-0.15, -0.1) is 0 Å². The van der Waals surface area contributed by atoms with Crippen LogP contribution in [0.3, 0.4) is 0 Å². The van der Waals surface area contributed by atoms with Crippen molar-refractivity contribution < 1.29 is 28.6 Å². The average molecular weight is 1150 g/mol. The maximum absolute atomic E-state index is 12.9. The monoisotopic (exact) mass is 1150 g/mol. The molecule has 0 fully saturated rings. The number of allylic oxidation sites excluding steroid dienone is 20. The Kier molecular flexibility index (Phi) is 66.7. The van der Waals surface area contributed by atoms with E-state index in [2.05, 4.69) is 142 Å². The zero-order valence-corrected chi connectivity index (χ0v) is 54.4. The van der Waals surface area contributed by atoms with E-state index in [0.717, 1.165) is 122 Å². The van der Waals surface area contributed by atoms with Crippen molar-refractivity contribution in [2.45, 2.75) is 335 Å². The van der Waals surface area contributed by atoms with Gasteiger partial charge in [0.2, 0.25) is 0 Å². The minimum Gasteiger partial charge on any atom is -0.462 e. The van der Waals surface area contributed by atoms with Crippen molar-refractivity contribution in [1.29, 1.82) is 0 Å². The fraction of sp³-hybridized carbons (Fsp3) is 0.701. The standard InChI is InChI=1S/C77H130O6/c1-4-7-10-13-16-19-21-23-25-27-29-31-33-34-35-36-37-38-39-40-41-42-44-45-47-49-51-53-55-58-61-64-67-70-76(79)82-73-74(72-81-75(78)69-66-63-60-57-18-15-12-9-6-3)83-77(80)71-68-65-62-59-56-54-52-50-48-46-43-32-30-28-26-24-22-20-17-14-11-8-5-2/h7,10,16,19,22-25,28-31,34-35,37-38,40-41,43,46,74H,4-6,8-9,11-15,17-18,20-21,26-27,32-33,36,39,42,44-45,47-73H2,1-3H3/b10-7-,19-16-,24-22-,25-23-,30-28-,31-29-,35-34-,38-37-,41-40-,46-43-. The third kappa shape index (κ3) is 68.5. The number of ether oxygens (including phenoxy) is 3. The maximum atomic E-state index is 12.9. The molecular weight excluding hydrogens is 1020 g/mol. The molecule has 0 rings (SSSR count). The Hall–Kier alpha value is -4.19. The summed E-state index contributed by atoms with van der Waals surface area (Å²) in [5.74, 6) is -0.884. The van der Waals surface area contributed by atoms with Crippen molar-refractivity contribution in [3.8, 4) is 0 Å². The maximum Gasteiger partial charge on any atom is 0.306 e. The first-order valence-corrected chi connectivity index (χ1v) is 35.0. The molecule has 0 aromatic rings. The van der Waals surface area contributed by atoms with E-state index in [0.29, 0.717) is 19.3 Å². The summed E-state index contributed by atoms with van der Waals surface area (Å²) in [6.45, 7) is 6.51. The predicted octanol–water partition coefficient (Wildman–Crippen LogP) is 24.3. The molecule has 0 aliphatic rings. The van der Waals surface area contributed by atoms with Gasteiger partial charge in [-0.2, -0.15) is 0 Å². The first-order chi connectivity index (χ1) is 41.0. The van der Waals surface area contributed by atoms with Crippen molar-refractivity contribution in [3.05, 3.63) is 122 Å². The summed E-state index contributed by atoms with van der Waals surface area (Å²) in [5, 5.41) is 0. The van der Waals surface area contributed by atoms with Crippen molar-refractivity contribution in [3.63, 3.8) is 0 Å². The molecule has 0 aromatic carbocycles. The van der Waals surface area contributed by atoms with Crippen LogP contribution in [0.1, 0.15) is 329 Å². The van der Waals surface area contributed by atoms with E-state index >= 15 is 0 Å². The Bertz CT molecular complexity index is 1700. The molecule has 0 aliphatic heterocycles. The van der Waals surface area contributed by atoms with E-state index in [-0.39, 0.29) is 31.1 Å². The molecule has 1 atom stereocenters. The van der Waals surface area contributed by atoms with Gasteiger partial charge in [0, 0.05) is 19.3 Å². The second kappa shape index (κ2) is 70.3. The van der Waals surface area contributed by atoms with E-state index < -0.39 is 6.10 Å². The van der Waals surface area contributed by atoms with Gasteiger partial charge in [-0.3, -0.25) is 14.4 Å². The minimum atomic E-state index is -0.784. The average Bonchev–Trinajstić information content (AvgIpc) is 3.49. The lowest BCUT2D eigenvalue weighted by molar-refractivity contribution is -0.167. The highest BCUT2D eigenvalue weighted by atomic mass is 16.6. The summed E-state index contributed by atoms with van der Waals surface area (Å²) >= 11 is 0. The summed E-state index contributed by atoms with van der Waals surface area (Å²) in [7, 11) is 0.